The molecule has 0 heterocycles. The van der Waals surface area contributed by atoms with Crippen molar-refractivity contribution in [1.82, 2.24) is 5.32 Å². The summed E-state index contributed by atoms with van der Waals surface area (Å²) in [5.74, 6) is -0.800. The fourth-order valence-corrected chi connectivity index (χ4v) is 2.01. The van der Waals surface area contributed by atoms with Gasteiger partial charge in [-0.15, -0.1) is 0 Å². The summed E-state index contributed by atoms with van der Waals surface area (Å²) in [5.41, 5.74) is -0.0797. The van der Waals surface area contributed by atoms with E-state index in [9.17, 15) is 26.4 Å². The Morgan fingerprint density at radius 1 is 1.32 bits per heavy atom. The van der Waals surface area contributed by atoms with Crippen LogP contribution in [0.2, 0.25) is 0 Å². The summed E-state index contributed by atoms with van der Waals surface area (Å²) >= 11 is 0. The third kappa shape index (κ3) is 5.48. The van der Waals surface area contributed by atoms with E-state index in [1.807, 2.05) is 5.32 Å². The summed E-state index contributed by atoms with van der Waals surface area (Å²) in [6.45, 7) is -0.583. The maximum atomic E-state index is 11.9. The Morgan fingerprint density at radius 3 is 2.47 bits per heavy atom. The van der Waals surface area contributed by atoms with E-state index in [-0.39, 0.29) is 10.5 Å². The number of benzene rings is 1. The van der Waals surface area contributed by atoms with Gasteiger partial charge in [-0.3, -0.25) is 4.79 Å². The van der Waals surface area contributed by atoms with Crippen LogP contribution in [0.15, 0.2) is 29.2 Å². The molecule has 1 N–H and O–H groups in total. The van der Waals surface area contributed by atoms with Crippen LogP contribution in [0.5, 0.6) is 0 Å². The predicted molar refractivity (Wildman–Crippen MR) is 62.5 cm³/mol. The lowest BCUT2D eigenvalue weighted by Crippen LogP contribution is -2.27. The molecule has 0 spiro atoms. The van der Waals surface area contributed by atoms with Crippen molar-refractivity contribution >= 4 is 25.6 Å². The maximum absolute atomic E-state index is 11.9. The minimum atomic E-state index is -4.37. The Hall–Kier alpha value is -1.28. The van der Waals surface area contributed by atoms with Crippen molar-refractivity contribution in [3.05, 3.63) is 29.8 Å². The average Bonchev–Trinajstić information content (AvgIpc) is 2.26. The molecule has 0 saturated heterocycles. The second-order valence-corrected chi connectivity index (χ2v) is 6.15. The molecule has 0 bridgehead atoms. The van der Waals surface area contributed by atoms with Crippen molar-refractivity contribution in [3.63, 3.8) is 0 Å². The van der Waals surface area contributed by atoms with Gasteiger partial charge in [-0.25, -0.2) is 8.42 Å². The van der Waals surface area contributed by atoms with E-state index in [0.29, 0.717) is 0 Å². The first-order chi connectivity index (χ1) is 8.59. The molecular formula is C10H9ClF3NO3S. The van der Waals surface area contributed by atoms with Crippen molar-refractivity contribution in [2.45, 2.75) is 17.5 Å². The summed E-state index contributed by atoms with van der Waals surface area (Å²) in [4.78, 5) is 11.2. The number of halogens is 4. The first-order valence-electron chi connectivity index (χ1n) is 4.99. The zero-order valence-electron chi connectivity index (χ0n) is 9.37. The lowest BCUT2D eigenvalue weighted by molar-refractivity contribution is -0.132. The third-order valence-corrected chi connectivity index (χ3v) is 3.42. The molecule has 106 valence electrons. The Bertz CT molecular complexity index is 572. The molecule has 0 fully saturated rings. The number of carbonyl (C=O) groups is 1. The minimum absolute atomic E-state index is 0.0797. The molecule has 1 rings (SSSR count). The van der Waals surface area contributed by atoms with Gasteiger partial charge in [-0.05, 0) is 18.2 Å². The first-order valence-corrected chi connectivity index (χ1v) is 7.30. The fraction of sp³-hybridized carbons (Fsp3) is 0.300. The van der Waals surface area contributed by atoms with E-state index in [4.69, 9.17) is 10.7 Å². The van der Waals surface area contributed by atoms with Crippen LogP contribution in [-0.4, -0.2) is 27.0 Å². The molecule has 0 aliphatic rings. The largest absolute Gasteiger partial charge is 0.390 e. The first kappa shape index (κ1) is 15.8. The molecule has 0 aliphatic heterocycles. The lowest BCUT2D eigenvalue weighted by Gasteiger charge is -2.08. The Morgan fingerprint density at radius 2 is 1.95 bits per heavy atom. The minimum Gasteiger partial charge on any atom is -0.352 e. The van der Waals surface area contributed by atoms with Gasteiger partial charge in [0.2, 0.25) is 0 Å². The van der Waals surface area contributed by atoms with Gasteiger partial charge >= 0.3 is 6.18 Å². The molecule has 19 heavy (non-hydrogen) atoms. The number of amides is 1. The summed E-state index contributed by atoms with van der Waals surface area (Å²) in [6, 6.07) is 4.71. The van der Waals surface area contributed by atoms with Crippen LogP contribution >= 0.6 is 10.7 Å². The van der Waals surface area contributed by atoms with Gasteiger partial charge in [0, 0.05) is 22.8 Å². The van der Waals surface area contributed by atoms with E-state index in [1.165, 1.54) is 18.2 Å². The second kappa shape index (κ2) is 5.79. The molecule has 0 unspecified atom stereocenters. The molecular weight excluding hydrogens is 307 g/mol. The quantitative estimate of drug-likeness (QED) is 0.867. The van der Waals surface area contributed by atoms with Crippen LogP contribution in [0.3, 0.4) is 0 Å². The monoisotopic (exact) mass is 315 g/mol. The number of nitrogens with one attached hydrogen (secondary N) is 1. The van der Waals surface area contributed by atoms with Gasteiger partial charge in [0.05, 0.1) is 11.3 Å². The van der Waals surface area contributed by atoms with Gasteiger partial charge in [-0.2, -0.15) is 13.2 Å². The SMILES string of the molecule is O=C(NCCC(F)(F)F)c1cccc(S(=O)(=O)Cl)c1. The van der Waals surface area contributed by atoms with Crippen molar-refractivity contribution in [2.75, 3.05) is 6.54 Å². The molecule has 1 amide bonds. The third-order valence-electron chi connectivity index (χ3n) is 2.07. The zero-order chi connectivity index (χ0) is 14.7. The van der Waals surface area contributed by atoms with Crippen molar-refractivity contribution in [1.29, 1.82) is 0 Å². The highest BCUT2D eigenvalue weighted by Crippen LogP contribution is 2.19. The Labute approximate surface area is 112 Å². The van der Waals surface area contributed by atoms with Gasteiger partial charge in [-0.1, -0.05) is 6.07 Å². The highest BCUT2D eigenvalue weighted by atomic mass is 35.7. The van der Waals surface area contributed by atoms with Gasteiger partial charge in [0.25, 0.3) is 15.0 Å². The van der Waals surface area contributed by atoms with E-state index in [0.717, 1.165) is 6.07 Å². The smallest absolute Gasteiger partial charge is 0.352 e. The molecule has 4 nitrogen and oxygen atoms in total. The highest BCUT2D eigenvalue weighted by Gasteiger charge is 2.26. The second-order valence-electron chi connectivity index (χ2n) is 3.59. The fourth-order valence-electron chi connectivity index (χ4n) is 1.21. The van der Waals surface area contributed by atoms with Crippen LogP contribution in [0.4, 0.5) is 13.2 Å². The molecule has 0 atom stereocenters. The highest BCUT2D eigenvalue weighted by molar-refractivity contribution is 8.13. The van der Waals surface area contributed by atoms with Gasteiger partial charge in [0.1, 0.15) is 0 Å². The summed E-state index contributed by atoms with van der Waals surface area (Å²) in [7, 11) is 1.10. The normalized spacial score (nSPS) is 12.2. The van der Waals surface area contributed by atoms with Crippen LogP contribution in [0.25, 0.3) is 0 Å². The number of hydrogen-bond donors (Lipinski definition) is 1. The molecule has 0 aromatic heterocycles. The number of carbonyl (C=O) groups excluding carboxylic acids is 1. The molecule has 0 aliphatic carbocycles. The Balaban J connectivity index is 2.73. The van der Waals surface area contributed by atoms with Crippen LogP contribution in [0.1, 0.15) is 16.8 Å². The molecule has 0 saturated carbocycles. The van der Waals surface area contributed by atoms with Crippen LogP contribution in [0, 0.1) is 0 Å². The maximum Gasteiger partial charge on any atom is 0.390 e. The standard InChI is InChI=1S/C10H9ClF3NO3S/c11-19(17,18)8-3-1-2-7(6-8)9(16)15-5-4-10(12,13)14/h1-3,6H,4-5H2,(H,15,16). The number of hydrogen-bond acceptors (Lipinski definition) is 3. The van der Waals surface area contributed by atoms with Crippen molar-refractivity contribution in [3.8, 4) is 0 Å². The van der Waals surface area contributed by atoms with E-state index in [2.05, 4.69) is 0 Å². The molecule has 9 heteroatoms. The molecule has 0 radical (unpaired) electrons. The summed E-state index contributed by atoms with van der Waals surface area (Å²) in [6.07, 6.45) is -5.53. The molecule has 1 aromatic rings. The van der Waals surface area contributed by atoms with Crippen LogP contribution < -0.4 is 5.32 Å². The van der Waals surface area contributed by atoms with E-state index in [1.54, 1.807) is 0 Å². The lowest BCUT2D eigenvalue weighted by atomic mass is 10.2. The topological polar surface area (TPSA) is 63.2 Å². The van der Waals surface area contributed by atoms with Crippen molar-refractivity contribution in [2.24, 2.45) is 0 Å². The van der Waals surface area contributed by atoms with Crippen LogP contribution in [-0.2, 0) is 9.05 Å². The zero-order valence-corrected chi connectivity index (χ0v) is 10.9. The summed E-state index contributed by atoms with van der Waals surface area (Å²) < 4.78 is 57.7. The number of rotatable bonds is 4. The van der Waals surface area contributed by atoms with Gasteiger partial charge < -0.3 is 5.32 Å². The van der Waals surface area contributed by atoms with Crippen molar-refractivity contribution < 1.29 is 26.4 Å². The molecule has 1 aromatic carbocycles. The average molecular weight is 316 g/mol. The Kier molecular flexibility index (Phi) is 4.81. The van der Waals surface area contributed by atoms with Gasteiger partial charge in [0.15, 0.2) is 0 Å². The van der Waals surface area contributed by atoms with E-state index >= 15 is 0 Å². The van der Waals surface area contributed by atoms with E-state index < -0.39 is 34.1 Å². The number of alkyl halides is 3. The predicted octanol–water partition coefficient (Wildman–Crippen LogP) is 2.30. The summed E-state index contributed by atoms with van der Waals surface area (Å²) in [5, 5.41) is 2.04.